The Morgan fingerprint density at radius 3 is 2.37 bits per heavy atom. The molecule has 0 aromatic heterocycles. The van der Waals surface area contributed by atoms with Crippen molar-refractivity contribution in [2.75, 3.05) is 0 Å². The van der Waals surface area contributed by atoms with Gasteiger partial charge in [-0.15, -0.1) is 0 Å². The Hall–Kier alpha value is -1.12. The van der Waals surface area contributed by atoms with E-state index in [-0.39, 0.29) is 11.7 Å². The normalized spacial score (nSPS) is 14.4. The van der Waals surface area contributed by atoms with Crippen LogP contribution in [0.4, 0.5) is 0 Å². The van der Waals surface area contributed by atoms with Crippen molar-refractivity contribution < 1.29 is 4.79 Å². The van der Waals surface area contributed by atoms with Crippen LogP contribution >= 0.6 is 27.5 Å². The number of ketones is 1. The summed E-state index contributed by atoms with van der Waals surface area (Å²) in [6.45, 7) is 0. The van der Waals surface area contributed by atoms with E-state index in [1.807, 2.05) is 24.3 Å². The summed E-state index contributed by atoms with van der Waals surface area (Å²) in [7, 11) is 0. The second-order valence-electron chi connectivity index (χ2n) is 4.86. The maximum atomic E-state index is 12.6. The molecule has 0 unspecified atom stereocenters. The average Bonchev–Trinajstić information content (AvgIpc) is 2.84. The van der Waals surface area contributed by atoms with Gasteiger partial charge >= 0.3 is 0 Å². The van der Waals surface area contributed by atoms with E-state index in [0.29, 0.717) is 10.6 Å². The zero-order valence-electron chi connectivity index (χ0n) is 10.2. The van der Waals surface area contributed by atoms with Gasteiger partial charge in [0.1, 0.15) is 0 Å². The number of fused-ring (bicyclic) bond motifs is 1. The zero-order chi connectivity index (χ0) is 13.4. The fourth-order valence-corrected chi connectivity index (χ4v) is 3.22. The highest BCUT2D eigenvalue weighted by Gasteiger charge is 2.28. The SMILES string of the molecule is O=C(c1cc(Br)ccc1Cl)C1Cc2ccccc2C1. The van der Waals surface area contributed by atoms with Crippen molar-refractivity contribution in [2.45, 2.75) is 12.8 Å². The highest BCUT2D eigenvalue weighted by atomic mass is 79.9. The monoisotopic (exact) mass is 334 g/mol. The molecule has 0 saturated carbocycles. The molecular weight excluding hydrogens is 324 g/mol. The van der Waals surface area contributed by atoms with Crippen molar-refractivity contribution in [3.05, 3.63) is 68.7 Å². The summed E-state index contributed by atoms with van der Waals surface area (Å²) in [5.41, 5.74) is 3.19. The van der Waals surface area contributed by atoms with Gasteiger partial charge in [0, 0.05) is 16.0 Å². The number of halogens is 2. The van der Waals surface area contributed by atoms with Crippen LogP contribution < -0.4 is 0 Å². The predicted molar refractivity (Wildman–Crippen MR) is 80.8 cm³/mol. The predicted octanol–water partition coefficient (Wildman–Crippen LogP) is 4.70. The van der Waals surface area contributed by atoms with Crippen LogP contribution in [0.5, 0.6) is 0 Å². The van der Waals surface area contributed by atoms with Crippen LogP contribution in [0.3, 0.4) is 0 Å². The van der Waals surface area contributed by atoms with E-state index >= 15 is 0 Å². The molecule has 1 aliphatic carbocycles. The first-order valence-electron chi connectivity index (χ1n) is 6.21. The Kier molecular flexibility index (Phi) is 3.46. The maximum absolute atomic E-state index is 12.6. The van der Waals surface area contributed by atoms with Crippen molar-refractivity contribution in [1.29, 1.82) is 0 Å². The molecule has 1 nitrogen and oxygen atoms in total. The summed E-state index contributed by atoms with van der Waals surface area (Å²) in [5, 5.41) is 0.532. The van der Waals surface area contributed by atoms with Crippen LogP contribution in [-0.4, -0.2) is 5.78 Å². The van der Waals surface area contributed by atoms with Gasteiger partial charge in [-0.2, -0.15) is 0 Å². The Labute approximate surface area is 125 Å². The maximum Gasteiger partial charge on any atom is 0.168 e. The van der Waals surface area contributed by atoms with Crippen molar-refractivity contribution >= 4 is 33.3 Å². The third kappa shape index (κ3) is 2.47. The van der Waals surface area contributed by atoms with Gasteiger partial charge in [-0.05, 0) is 42.2 Å². The summed E-state index contributed by atoms with van der Waals surface area (Å²) >= 11 is 9.53. The molecule has 0 atom stereocenters. The molecule has 0 bridgehead atoms. The van der Waals surface area contributed by atoms with Crippen molar-refractivity contribution in [3.8, 4) is 0 Å². The van der Waals surface area contributed by atoms with Crippen molar-refractivity contribution in [1.82, 2.24) is 0 Å². The van der Waals surface area contributed by atoms with Gasteiger partial charge in [-0.1, -0.05) is 51.8 Å². The number of carbonyl (C=O) groups is 1. The van der Waals surface area contributed by atoms with Gasteiger partial charge in [0.25, 0.3) is 0 Å². The minimum atomic E-state index is 0.0178. The molecular formula is C16H12BrClO. The third-order valence-corrected chi connectivity index (χ3v) is 4.44. The average molecular weight is 336 g/mol. The van der Waals surface area contributed by atoms with Gasteiger partial charge < -0.3 is 0 Å². The molecule has 0 aliphatic heterocycles. The molecule has 0 spiro atoms. The topological polar surface area (TPSA) is 17.1 Å². The molecule has 0 fully saturated rings. The minimum absolute atomic E-state index is 0.0178. The quantitative estimate of drug-likeness (QED) is 0.727. The first kappa shape index (κ1) is 12.9. The fraction of sp³-hybridized carbons (Fsp3) is 0.188. The first-order chi connectivity index (χ1) is 9.15. The smallest absolute Gasteiger partial charge is 0.168 e. The van der Waals surface area contributed by atoms with E-state index in [9.17, 15) is 4.79 Å². The summed E-state index contributed by atoms with van der Waals surface area (Å²) in [6.07, 6.45) is 1.63. The van der Waals surface area contributed by atoms with Gasteiger partial charge in [-0.3, -0.25) is 4.79 Å². The van der Waals surface area contributed by atoms with E-state index in [1.54, 1.807) is 6.07 Å². The second-order valence-corrected chi connectivity index (χ2v) is 6.19. The third-order valence-electron chi connectivity index (χ3n) is 3.62. The van der Waals surface area contributed by atoms with Crippen LogP contribution in [0.25, 0.3) is 0 Å². The lowest BCUT2D eigenvalue weighted by Crippen LogP contribution is -2.15. The van der Waals surface area contributed by atoms with Gasteiger partial charge in [0.2, 0.25) is 0 Å². The lowest BCUT2D eigenvalue weighted by Gasteiger charge is -2.10. The minimum Gasteiger partial charge on any atom is -0.294 e. The molecule has 0 N–H and O–H groups in total. The summed E-state index contributed by atoms with van der Waals surface area (Å²) in [5.74, 6) is 0.159. The molecule has 3 rings (SSSR count). The summed E-state index contributed by atoms with van der Waals surface area (Å²) < 4.78 is 0.885. The second kappa shape index (κ2) is 5.10. The van der Waals surface area contributed by atoms with Crippen LogP contribution in [-0.2, 0) is 12.8 Å². The molecule has 0 heterocycles. The van der Waals surface area contributed by atoms with E-state index < -0.39 is 0 Å². The molecule has 0 amide bonds. The number of Topliss-reactive ketones (excluding diaryl/α,β-unsaturated/α-hetero) is 1. The van der Waals surface area contributed by atoms with Gasteiger partial charge in [-0.25, -0.2) is 0 Å². The van der Waals surface area contributed by atoms with Gasteiger partial charge in [0.15, 0.2) is 5.78 Å². The van der Waals surface area contributed by atoms with Crippen LogP contribution in [0, 0.1) is 5.92 Å². The Bertz CT molecular complexity index is 626. The summed E-state index contributed by atoms with van der Waals surface area (Å²) in [4.78, 5) is 12.6. The zero-order valence-corrected chi connectivity index (χ0v) is 12.5. The van der Waals surface area contributed by atoms with Crippen LogP contribution in [0.2, 0.25) is 5.02 Å². The highest BCUT2D eigenvalue weighted by Crippen LogP contribution is 2.31. The highest BCUT2D eigenvalue weighted by molar-refractivity contribution is 9.10. The molecule has 2 aromatic rings. The number of hydrogen-bond donors (Lipinski definition) is 0. The Balaban J connectivity index is 1.89. The molecule has 1 aliphatic rings. The standard InChI is InChI=1S/C16H12BrClO/c17-13-5-6-15(18)14(9-13)16(19)12-7-10-3-1-2-4-11(10)8-12/h1-6,9,12H,7-8H2. The lowest BCUT2D eigenvalue weighted by molar-refractivity contribution is 0.0925. The molecule has 3 heteroatoms. The van der Waals surface area contributed by atoms with E-state index in [1.165, 1.54) is 11.1 Å². The number of rotatable bonds is 2. The molecule has 19 heavy (non-hydrogen) atoms. The lowest BCUT2D eigenvalue weighted by atomic mass is 9.95. The first-order valence-corrected chi connectivity index (χ1v) is 7.38. The van der Waals surface area contributed by atoms with Crippen molar-refractivity contribution in [2.24, 2.45) is 5.92 Å². The largest absolute Gasteiger partial charge is 0.294 e. The molecule has 0 saturated heterocycles. The number of hydrogen-bond acceptors (Lipinski definition) is 1. The number of carbonyl (C=O) groups excluding carboxylic acids is 1. The number of benzene rings is 2. The van der Waals surface area contributed by atoms with Crippen LogP contribution in [0.1, 0.15) is 21.5 Å². The molecule has 0 radical (unpaired) electrons. The van der Waals surface area contributed by atoms with Gasteiger partial charge in [0.05, 0.1) is 5.02 Å². The summed E-state index contributed by atoms with van der Waals surface area (Å²) in [6, 6.07) is 13.7. The van der Waals surface area contributed by atoms with E-state index in [2.05, 4.69) is 28.1 Å². The van der Waals surface area contributed by atoms with E-state index in [4.69, 9.17) is 11.6 Å². The Morgan fingerprint density at radius 2 is 1.74 bits per heavy atom. The van der Waals surface area contributed by atoms with E-state index in [0.717, 1.165) is 17.3 Å². The molecule has 96 valence electrons. The Morgan fingerprint density at radius 1 is 1.11 bits per heavy atom. The molecule has 2 aromatic carbocycles. The van der Waals surface area contributed by atoms with Crippen LogP contribution in [0.15, 0.2) is 46.9 Å². The fourth-order valence-electron chi connectivity index (χ4n) is 2.65. The van der Waals surface area contributed by atoms with Crippen molar-refractivity contribution in [3.63, 3.8) is 0 Å².